The Balaban J connectivity index is 1.77. The van der Waals surface area contributed by atoms with E-state index in [0.29, 0.717) is 12.2 Å². The summed E-state index contributed by atoms with van der Waals surface area (Å²) in [5.41, 5.74) is 9.23. The van der Waals surface area contributed by atoms with E-state index in [2.05, 4.69) is 37.3 Å². The molecule has 2 heterocycles. The van der Waals surface area contributed by atoms with Crippen molar-refractivity contribution in [1.82, 2.24) is 5.32 Å². The summed E-state index contributed by atoms with van der Waals surface area (Å²) in [6, 6.07) is 8.69. The van der Waals surface area contributed by atoms with Crippen molar-refractivity contribution in [3.63, 3.8) is 0 Å². The van der Waals surface area contributed by atoms with Gasteiger partial charge in [0.1, 0.15) is 17.7 Å². The van der Waals surface area contributed by atoms with Crippen LogP contribution in [-0.4, -0.2) is 30.9 Å². The van der Waals surface area contributed by atoms with Gasteiger partial charge in [-0.25, -0.2) is 4.99 Å². The third kappa shape index (κ3) is 8.14. The molecule has 0 fully saturated rings. The van der Waals surface area contributed by atoms with Gasteiger partial charge in [0.2, 0.25) is 5.96 Å². The number of fused-ring (bicyclic) bond motifs is 1. The van der Waals surface area contributed by atoms with Gasteiger partial charge in [0.05, 0.1) is 6.54 Å². The zero-order valence-corrected chi connectivity index (χ0v) is 19.1. The number of aryl methyl sites for hydroxylation is 2. The van der Waals surface area contributed by atoms with Crippen LogP contribution in [0.3, 0.4) is 0 Å². The Morgan fingerprint density at radius 3 is 2.79 bits per heavy atom. The first kappa shape index (κ1) is 25.2. The van der Waals surface area contributed by atoms with Crippen LogP contribution < -0.4 is 21.7 Å². The van der Waals surface area contributed by atoms with Crippen LogP contribution in [0.5, 0.6) is 0 Å². The number of alkyl halides is 3. The molecule has 1 unspecified atom stereocenters. The Kier molecular flexibility index (Phi) is 8.21. The van der Waals surface area contributed by atoms with Gasteiger partial charge in [-0.3, -0.25) is 5.32 Å². The maximum atomic E-state index is 12.5. The first-order valence-corrected chi connectivity index (χ1v) is 10.8. The first-order chi connectivity index (χ1) is 16.1. The first-order valence-electron chi connectivity index (χ1n) is 10.8. The lowest BCUT2D eigenvalue weighted by atomic mass is 10.1. The van der Waals surface area contributed by atoms with Gasteiger partial charge in [-0.15, -0.1) is 0 Å². The van der Waals surface area contributed by atoms with Crippen molar-refractivity contribution in [2.75, 3.05) is 17.2 Å². The number of nitrogens with zero attached hydrogens (tertiary/aromatic N) is 2. The number of ether oxygens (including phenoxy) is 1. The fourth-order valence-electron chi connectivity index (χ4n) is 3.31. The highest BCUT2D eigenvalue weighted by atomic mass is 19.4. The number of nitrogens with one attached hydrogen (secondary N) is 3. The molecule has 2 aromatic rings. The van der Waals surface area contributed by atoms with E-state index in [9.17, 15) is 13.2 Å². The number of benzene rings is 1. The van der Waals surface area contributed by atoms with E-state index in [0.717, 1.165) is 47.7 Å². The Labute approximate surface area is 196 Å². The van der Waals surface area contributed by atoms with Crippen LogP contribution in [0, 0.1) is 6.92 Å². The molecule has 3 rings (SSSR count). The van der Waals surface area contributed by atoms with Crippen molar-refractivity contribution in [2.45, 2.75) is 52.0 Å². The van der Waals surface area contributed by atoms with Crippen LogP contribution in [0.15, 0.2) is 57.0 Å². The lowest BCUT2D eigenvalue weighted by Crippen LogP contribution is -2.29. The molecule has 1 aliphatic heterocycles. The standard InChI is InChI=1S/C23H29F3N6O2/c1-14-5-4-6-17-11-18(8-10-20(17)29-14)31-22(32-21(27)33-13-23(24,25)26)30-16(3)28-12-19-9-7-15(2)34-19/h7-11,16,28-29H,1,4-6,12-13H2,2-3H3,(H3,27,30,31,32). The summed E-state index contributed by atoms with van der Waals surface area (Å²) in [7, 11) is 0. The largest absolute Gasteiger partial charge is 0.465 e. The molecule has 34 heavy (non-hydrogen) atoms. The van der Waals surface area contributed by atoms with Gasteiger partial charge < -0.3 is 25.5 Å². The van der Waals surface area contributed by atoms with Gasteiger partial charge in [-0.2, -0.15) is 18.2 Å². The number of hydrogen-bond donors (Lipinski definition) is 4. The van der Waals surface area contributed by atoms with Crippen molar-refractivity contribution >= 4 is 23.4 Å². The second kappa shape index (κ2) is 11.1. The fourth-order valence-corrected chi connectivity index (χ4v) is 3.31. The van der Waals surface area contributed by atoms with E-state index >= 15 is 0 Å². The van der Waals surface area contributed by atoms with Gasteiger partial charge >= 0.3 is 6.18 Å². The number of anilines is 2. The van der Waals surface area contributed by atoms with Crippen LogP contribution in [0.4, 0.5) is 24.5 Å². The van der Waals surface area contributed by atoms with E-state index in [1.165, 1.54) is 0 Å². The Bertz CT molecular complexity index is 1060. The Morgan fingerprint density at radius 2 is 2.09 bits per heavy atom. The van der Waals surface area contributed by atoms with Gasteiger partial charge in [0.15, 0.2) is 6.61 Å². The summed E-state index contributed by atoms with van der Waals surface area (Å²) in [6.07, 6.45) is -2.32. The van der Waals surface area contributed by atoms with E-state index < -0.39 is 25.0 Å². The minimum Gasteiger partial charge on any atom is -0.465 e. The Morgan fingerprint density at radius 1 is 1.29 bits per heavy atom. The summed E-state index contributed by atoms with van der Waals surface area (Å²) < 4.78 is 47.5. The van der Waals surface area contributed by atoms with Gasteiger partial charge in [-0.1, -0.05) is 6.58 Å². The second-order valence-corrected chi connectivity index (χ2v) is 7.95. The lowest BCUT2D eigenvalue weighted by molar-refractivity contribution is -0.156. The molecule has 1 aromatic carbocycles. The summed E-state index contributed by atoms with van der Waals surface area (Å²) in [5, 5.41) is 9.47. The number of furan rings is 1. The highest BCUT2D eigenvalue weighted by Crippen LogP contribution is 2.27. The molecule has 8 nitrogen and oxygen atoms in total. The van der Waals surface area contributed by atoms with Crippen LogP contribution in [-0.2, 0) is 17.7 Å². The number of aliphatic imine (C=N–C) groups is 2. The molecule has 11 heteroatoms. The summed E-state index contributed by atoms with van der Waals surface area (Å²) in [5.74, 6) is 1.52. The monoisotopic (exact) mass is 478 g/mol. The van der Waals surface area contributed by atoms with Crippen LogP contribution in [0.2, 0.25) is 0 Å². The molecule has 0 bridgehead atoms. The molecule has 0 saturated carbocycles. The number of guanidine groups is 1. The molecule has 1 atom stereocenters. The van der Waals surface area contributed by atoms with Gasteiger partial charge in [-0.05, 0) is 69.0 Å². The Hall–Kier alpha value is -3.47. The van der Waals surface area contributed by atoms with Gasteiger partial charge in [0.25, 0.3) is 6.02 Å². The van der Waals surface area contributed by atoms with Crippen molar-refractivity contribution in [2.24, 2.45) is 15.7 Å². The number of amidine groups is 1. The third-order valence-electron chi connectivity index (χ3n) is 4.88. The highest BCUT2D eigenvalue weighted by Gasteiger charge is 2.28. The molecule has 184 valence electrons. The molecule has 0 radical (unpaired) electrons. The van der Waals surface area contributed by atoms with E-state index in [1.807, 2.05) is 37.3 Å². The SMILES string of the molecule is C=C1CCCc2cc(NC(=NC(C)NCc3ccc(C)o3)N=C(N)OCC(F)(F)F)ccc2N1. The lowest BCUT2D eigenvalue weighted by Gasteiger charge is -2.14. The molecule has 0 aliphatic carbocycles. The zero-order chi connectivity index (χ0) is 24.7. The predicted molar refractivity (Wildman–Crippen MR) is 127 cm³/mol. The predicted octanol–water partition coefficient (Wildman–Crippen LogP) is 4.65. The van der Waals surface area contributed by atoms with Crippen LogP contribution >= 0.6 is 0 Å². The molecular formula is C23H29F3N6O2. The molecule has 0 saturated heterocycles. The quantitative estimate of drug-likeness (QED) is 0.356. The maximum Gasteiger partial charge on any atom is 0.422 e. The molecule has 5 N–H and O–H groups in total. The minimum atomic E-state index is -4.53. The average Bonchev–Trinajstić information content (AvgIpc) is 3.07. The van der Waals surface area contributed by atoms with Crippen molar-refractivity contribution in [3.05, 3.63) is 59.7 Å². The van der Waals surface area contributed by atoms with Crippen molar-refractivity contribution in [1.29, 1.82) is 0 Å². The maximum absolute atomic E-state index is 12.5. The summed E-state index contributed by atoms with van der Waals surface area (Å²) >= 11 is 0. The average molecular weight is 479 g/mol. The summed E-state index contributed by atoms with van der Waals surface area (Å²) in [4.78, 5) is 8.35. The normalized spacial score (nSPS) is 15.9. The molecule has 0 spiro atoms. The third-order valence-corrected chi connectivity index (χ3v) is 4.88. The fraction of sp³-hybridized carbons (Fsp3) is 0.391. The molecule has 0 amide bonds. The number of rotatable bonds is 6. The number of hydrogen-bond acceptors (Lipinski definition) is 5. The molecule has 1 aliphatic rings. The van der Waals surface area contributed by atoms with Crippen molar-refractivity contribution in [3.8, 4) is 0 Å². The van der Waals surface area contributed by atoms with E-state index in [4.69, 9.17) is 10.2 Å². The minimum absolute atomic E-state index is 0.00115. The smallest absolute Gasteiger partial charge is 0.422 e. The van der Waals surface area contributed by atoms with Crippen molar-refractivity contribution < 1.29 is 22.3 Å². The molecular weight excluding hydrogens is 449 g/mol. The van der Waals surface area contributed by atoms with E-state index in [-0.39, 0.29) is 5.96 Å². The van der Waals surface area contributed by atoms with Gasteiger partial charge in [0, 0.05) is 17.1 Å². The number of halogens is 3. The molecule has 1 aromatic heterocycles. The second-order valence-electron chi connectivity index (χ2n) is 7.95. The zero-order valence-electron chi connectivity index (χ0n) is 19.1. The number of allylic oxidation sites excluding steroid dienone is 1. The summed E-state index contributed by atoms with van der Waals surface area (Å²) in [6.45, 7) is 6.48. The number of nitrogens with two attached hydrogens (primary N) is 1. The van der Waals surface area contributed by atoms with Crippen LogP contribution in [0.1, 0.15) is 36.8 Å². The topological polar surface area (TPSA) is 109 Å². The highest BCUT2D eigenvalue weighted by molar-refractivity contribution is 6.00. The van der Waals surface area contributed by atoms with E-state index in [1.54, 1.807) is 6.92 Å². The van der Waals surface area contributed by atoms with Crippen LogP contribution in [0.25, 0.3) is 0 Å².